The van der Waals surface area contributed by atoms with Gasteiger partial charge in [0.25, 0.3) is 0 Å². The summed E-state index contributed by atoms with van der Waals surface area (Å²) in [5.41, 5.74) is 3.56. The van der Waals surface area contributed by atoms with Crippen LogP contribution in [0.5, 0.6) is 17.2 Å². The van der Waals surface area contributed by atoms with Crippen molar-refractivity contribution in [3.63, 3.8) is 0 Å². The van der Waals surface area contributed by atoms with Gasteiger partial charge in [-0.05, 0) is 90.1 Å². The van der Waals surface area contributed by atoms with Crippen LogP contribution in [0, 0.1) is 11.8 Å². The second-order valence-corrected chi connectivity index (χ2v) is 10.2. The fraction of sp³-hybridized carbons (Fsp3) is 0.400. The third kappa shape index (κ3) is 4.34. The lowest BCUT2D eigenvalue weighted by Crippen LogP contribution is -2.40. The molecule has 2 saturated carbocycles. The molecule has 0 radical (unpaired) electrons. The van der Waals surface area contributed by atoms with Gasteiger partial charge in [0.05, 0.1) is 0 Å². The standard InChI is InChI=1S/C30H34O3/c31-25-12-6-22(7-13-25)29-20-30(23-8-14-26(32)15-9-23,24-10-16-27(33)17-11-24)19-18-28(29)21-4-2-1-3-5-21/h6-17,21,28-29,31-33H,1-5,18-20H2. The summed E-state index contributed by atoms with van der Waals surface area (Å²) >= 11 is 0. The molecule has 3 aromatic carbocycles. The lowest BCUT2D eigenvalue weighted by molar-refractivity contribution is 0.136. The van der Waals surface area contributed by atoms with Gasteiger partial charge >= 0.3 is 0 Å². The van der Waals surface area contributed by atoms with Crippen LogP contribution in [0.4, 0.5) is 0 Å². The van der Waals surface area contributed by atoms with Gasteiger partial charge in [0.2, 0.25) is 0 Å². The minimum atomic E-state index is -0.185. The van der Waals surface area contributed by atoms with E-state index in [1.807, 2.05) is 12.1 Å². The summed E-state index contributed by atoms with van der Waals surface area (Å²) in [5.74, 6) is 2.67. The Kier molecular flexibility index (Phi) is 6.05. The van der Waals surface area contributed by atoms with Gasteiger partial charge in [0.15, 0.2) is 0 Å². The van der Waals surface area contributed by atoms with Crippen LogP contribution < -0.4 is 0 Å². The van der Waals surface area contributed by atoms with Crippen molar-refractivity contribution in [2.75, 3.05) is 0 Å². The van der Waals surface area contributed by atoms with Gasteiger partial charge in [-0.2, -0.15) is 0 Å². The molecule has 172 valence electrons. The molecule has 2 atom stereocenters. The first-order chi connectivity index (χ1) is 16.0. The zero-order valence-corrected chi connectivity index (χ0v) is 19.2. The molecule has 2 aliphatic carbocycles. The van der Waals surface area contributed by atoms with Gasteiger partial charge < -0.3 is 15.3 Å². The lowest BCUT2D eigenvalue weighted by Gasteiger charge is -2.49. The normalized spacial score (nSPS) is 23.3. The highest BCUT2D eigenvalue weighted by Crippen LogP contribution is 2.55. The van der Waals surface area contributed by atoms with Crippen LogP contribution in [0.2, 0.25) is 0 Å². The molecule has 3 aromatic rings. The second kappa shape index (κ2) is 9.13. The first kappa shape index (κ1) is 21.9. The summed E-state index contributed by atoms with van der Waals surface area (Å²) in [5, 5.41) is 29.8. The molecule has 0 aromatic heterocycles. The fourth-order valence-electron chi connectivity index (χ4n) is 6.71. The highest BCUT2D eigenvalue weighted by Gasteiger charge is 2.45. The van der Waals surface area contributed by atoms with E-state index in [9.17, 15) is 15.3 Å². The molecule has 5 rings (SSSR count). The maximum Gasteiger partial charge on any atom is 0.115 e. The minimum Gasteiger partial charge on any atom is -0.508 e. The Labute approximate surface area is 196 Å². The molecule has 0 saturated heterocycles. The highest BCUT2D eigenvalue weighted by atomic mass is 16.3. The van der Waals surface area contributed by atoms with Gasteiger partial charge in [-0.1, -0.05) is 68.5 Å². The zero-order valence-electron chi connectivity index (χ0n) is 19.2. The van der Waals surface area contributed by atoms with E-state index in [4.69, 9.17) is 0 Å². The molecule has 0 bridgehead atoms. The van der Waals surface area contributed by atoms with E-state index in [0.717, 1.165) is 25.2 Å². The van der Waals surface area contributed by atoms with Crippen molar-refractivity contribution in [2.24, 2.45) is 11.8 Å². The van der Waals surface area contributed by atoms with E-state index in [1.165, 1.54) is 48.8 Å². The Hall–Kier alpha value is -2.94. The number of phenols is 3. The smallest absolute Gasteiger partial charge is 0.115 e. The van der Waals surface area contributed by atoms with Crippen molar-refractivity contribution in [3.8, 4) is 17.2 Å². The molecule has 3 N–H and O–H groups in total. The van der Waals surface area contributed by atoms with Gasteiger partial charge in [-0.3, -0.25) is 0 Å². The van der Waals surface area contributed by atoms with Gasteiger partial charge in [-0.15, -0.1) is 0 Å². The molecule has 0 aliphatic heterocycles. The third-order valence-electron chi connectivity index (χ3n) is 8.41. The highest BCUT2D eigenvalue weighted by molar-refractivity contribution is 5.45. The Morgan fingerprint density at radius 1 is 0.576 bits per heavy atom. The molecular formula is C30H34O3. The Balaban J connectivity index is 1.60. The predicted molar refractivity (Wildman–Crippen MR) is 132 cm³/mol. The molecule has 0 amide bonds. The molecular weight excluding hydrogens is 408 g/mol. The average molecular weight is 443 g/mol. The molecule has 3 nitrogen and oxygen atoms in total. The maximum absolute atomic E-state index is 9.96. The van der Waals surface area contributed by atoms with Crippen LogP contribution >= 0.6 is 0 Å². The maximum atomic E-state index is 9.96. The Morgan fingerprint density at radius 3 is 1.58 bits per heavy atom. The van der Waals surface area contributed by atoms with Crippen LogP contribution in [0.3, 0.4) is 0 Å². The zero-order chi connectivity index (χ0) is 22.8. The third-order valence-corrected chi connectivity index (χ3v) is 8.41. The number of hydrogen-bond donors (Lipinski definition) is 3. The number of rotatable bonds is 4. The predicted octanol–water partition coefficient (Wildman–Crippen LogP) is 7.25. The van der Waals surface area contributed by atoms with Gasteiger partial charge in [-0.25, -0.2) is 0 Å². The first-order valence-corrected chi connectivity index (χ1v) is 12.4. The van der Waals surface area contributed by atoms with Crippen molar-refractivity contribution in [2.45, 2.75) is 62.7 Å². The van der Waals surface area contributed by atoms with Crippen LogP contribution in [0.15, 0.2) is 72.8 Å². The van der Waals surface area contributed by atoms with E-state index in [-0.39, 0.29) is 16.9 Å². The van der Waals surface area contributed by atoms with Crippen molar-refractivity contribution in [3.05, 3.63) is 89.5 Å². The molecule has 2 unspecified atom stereocenters. The number of aromatic hydroxyl groups is 3. The number of phenolic OH excluding ortho intramolecular Hbond substituents is 3. The summed E-state index contributed by atoms with van der Waals surface area (Å²) in [4.78, 5) is 0. The fourth-order valence-corrected chi connectivity index (χ4v) is 6.71. The van der Waals surface area contributed by atoms with E-state index < -0.39 is 0 Å². The number of benzene rings is 3. The van der Waals surface area contributed by atoms with Crippen LogP contribution in [0.25, 0.3) is 0 Å². The Morgan fingerprint density at radius 2 is 1.06 bits per heavy atom. The monoisotopic (exact) mass is 442 g/mol. The molecule has 2 aliphatic rings. The molecule has 3 heteroatoms. The van der Waals surface area contributed by atoms with Crippen molar-refractivity contribution >= 4 is 0 Å². The SMILES string of the molecule is Oc1ccc(C2CC(c3ccc(O)cc3)(c3ccc(O)cc3)CCC2C2CCCCC2)cc1. The first-order valence-electron chi connectivity index (χ1n) is 12.4. The van der Waals surface area contributed by atoms with Crippen LogP contribution in [-0.2, 0) is 5.41 Å². The van der Waals surface area contributed by atoms with E-state index >= 15 is 0 Å². The van der Waals surface area contributed by atoms with Crippen LogP contribution in [0.1, 0.15) is 74.0 Å². The number of hydrogen-bond acceptors (Lipinski definition) is 3. The average Bonchev–Trinajstić information content (AvgIpc) is 2.85. The van der Waals surface area contributed by atoms with E-state index in [0.29, 0.717) is 17.6 Å². The molecule has 2 fully saturated rings. The van der Waals surface area contributed by atoms with Crippen LogP contribution in [-0.4, -0.2) is 15.3 Å². The molecule has 0 heterocycles. The summed E-state index contributed by atoms with van der Waals surface area (Å²) < 4.78 is 0. The molecule has 0 spiro atoms. The van der Waals surface area contributed by atoms with E-state index in [2.05, 4.69) is 36.4 Å². The summed E-state index contributed by atoms with van der Waals surface area (Å²) in [7, 11) is 0. The van der Waals surface area contributed by atoms with Crippen molar-refractivity contribution in [1.29, 1.82) is 0 Å². The van der Waals surface area contributed by atoms with E-state index in [1.54, 1.807) is 24.3 Å². The Bertz CT molecular complexity index is 1000. The van der Waals surface area contributed by atoms with Crippen molar-refractivity contribution < 1.29 is 15.3 Å². The van der Waals surface area contributed by atoms with Crippen molar-refractivity contribution in [1.82, 2.24) is 0 Å². The molecule has 33 heavy (non-hydrogen) atoms. The summed E-state index contributed by atoms with van der Waals surface area (Å²) in [6.45, 7) is 0. The summed E-state index contributed by atoms with van der Waals surface area (Å²) in [6.07, 6.45) is 9.87. The second-order valence-electron chi connectivity index (χ2n) is 10.2. The lowest BCUT2D eigenvalue weighted by atomic mass is 9.55. The summed E-state index contributed by atoms with van der Waals surface area (Å²) in [6, 6.07) is 23.3. The van der Waals surface area contributed by atoms with Gasteiger partial charge in [0, 0.05) is 5.41 Å². The quantitative estimate of drug-likeness (QED) is 0.399. The topological polar surface area (TPSA) is 60.7 Å². The van der Waals surface area contributed by atoms with Gasteiger partial charge in [0.1, 0.15) is 17.2 Å². The largest absolute Gasteiger partial charge is 0.508 e. The minimum absolute atomic E-state index is 0.185.